The standard InChI is InChI=1S/C17H19F2NO/c1-12(14-8-15(18)10-16(19)9-14)20-17(11-21)7-13-5-3-2-4-6-13/h2-6,8-10,12,17,20-21H,7,11H2,1H3/t12?,17-/m1/s1. The lowest BCUT2D eigenvalue weighted by atomic mass is 10.0. The van der Waals surface area contributed by atoms with Crippen molar-refractivity contribution in [2.75, 3.05) is 6.61 Å². The van der Waals surface area contributed by atoms with Crippen LogP contribution in [0.4, 0.5) is 8.78 Å². The molecule has 0 heterocycles. The van der Waals surface area contributed by atoms with E-state index in [2.05, 4.69) is 5.32 Å². The van der Waals surface area contributed by atoms with Crippen LogP contribution < -0.4 is 5.32 Å². The summed E-state index contributed by atoms with van der Waals surface area (Å²) < 4.78 is 26.5. The summed E-state index contributed by atoms with van der Waals surface area (Å²) in [5.41, 5.74) is 1.63. The fraction of sp³-hybridized carbons (Fsp3) is 0.294. The second-order valence-electron chi connectivity index (χ2n) is 5.16. The number of nitrogens with one attached hydrogen (secondary N) is 1. The molecular formula is C17H19F2NO. The average molecular weight is 291 g/mol. The quantitative estimate of drug-likeness (QED) is 0.856. The highest BCUT2D eigenvalue weighted by Gasteiger charge is 2.14. The molecule has 2 N–H and O–H groups in total. The Balaban J connectivity index is 2.03. The van der Waals surface area contributed by atoms with Gasteiger partial charge in [0.2, 0.25) is 0 Å². The summed E-state index contributed by atoms with van der Waals surface area (Å²) in [6.45, 7) is 1.78. The fourth-order valence-corrected chi connectivity index (χ4v) is 2.35. The van der Waals surface area contributed by atoms with Gasteiger partial charge in [0.25, 0.3) is 0 Å². The van der Waals surface area contributed by atoms with Crippen molar-refractivity contribution in [2.45, 2.75) is 25.4 Å². The van der Waals surface area contributed by atoms with E-state index in [9.17, 15) is 13.9 Å². The van der Waals surface area contributed by atoms with Crippen molar-refractivity contribution in [3.8, 4) is 0 Å². The average Bonchev–Trinajstić information content (AvgIpc) is 2.46. The summed E-state index contributed by atoms with van der Waals surface area (Å²) in [6, 6.07) is 12.8. The number of halogens is 2. The molecule has 2 rings (SSSR count). The van der Waals surface area contributed by atoms with Crippen LogP contribution in [0.15, 0.2) is 48.5 Å². The summed E-state index contributed by atoms with van der Waals surface area (Å²) >= 11 is 0. The number of aliphatic hydroxyl groups excluding tert-OH is 1. The normalized spacial score (nSPS) is 13.9. The molecule has 0 saturated heterocycles. The number of hydrogen-bond donors (Lipinski definition) is 2. The molecule has 0 radical (unpaired) electrons. The zero-order chi connectivity index (χ0) is 15.2. The van der Waals surface area contributed by atoms with Gasteiger partial charge in [-0.25, -0.2) is 8.78 Å². The van der Waals surface area contributed by atoms with E-state index >= 15 is 0 Å². The van der Waals surface area contributed by atoms with E-state index in [-0.39, 0.29) is 18.7 Å². The zero-order valence-electron chi connectivity index (χ0n) is 11.9. The molecule has 2 aromatic rings. The Morgan fingerprint density at radius 2 is 1.67 bits per heavy atom. The smallest absolute Gasteiger partial charge is 0.126 e. The molecule has 0 aromatic heterocycles. The van der Waals surface area contributed by atoms with Gasteiger partial charge in [0.15, 0.2) is 0 Å². The maximum atomic E-state index is 13.2. The summed E-state index contributed by atoms with van der Waals surface area (Å²) in [6.07, 6.45) is 0.652. The second kappa shape index (κ2) is 7.29. The molecule has 0 amide bonds. The van der Waals surface area contributed by atoms with Crippen LogP contribution in [-0.2, 0) is 6.42 Å². The number of benzene rings is 2. The third-order valence-corrected chi connectivity index (χ3v) is 3.42. The molecule has 0 fully saturated rings. The predicted octanol–water partition coefficient (Wildman–Crippen LogP) is 3.22. The summed E-state index contributed by atoms with van der Waals surface area (Å²) in [7, 11) is 0. The lowest BCUT2D eigenvalue weighted by molar-refractivity contribution is 0.232. The van der Waals surface area contributed by atoms with Crippen LogP contribution in [0, 0.1) is 11.6 Å². The molecule has 2 aromatic carbocycles. The van der Waals surface area contributed by atoms with Gasteiger partial charge in [-0.15, -0.1) is 0 Å². The topological polar surface area (TPSA) is 32.3 Å². The van der Waals surface area contributed by atoms with E-state index in [0.29, 0.717) is 12.0 Å². The van der Waals surface area contributed by atoms with E-state index in [1.54, 1.807) is 0 Å². The van der Waals surface area contributed by atoms with Gasteiger partial charge in [-0.05, 0) is 36.6 Å². The van der Waals surface area contributed by atoms with Crippen LogP contribution in [0.2, 0.25) is 0 Å². The van der Waals surface area contributed by atoms with Crippen molar-refractivity contribution in [1.82, 2.24) is 5.32 Å². The lowest BCUT2D eigenvalue weighted by Gasteiger charge is -2.22. The molecule has 1 unspecified atom stereocenters. The molecule has 0 bridgehead atoms. The Morgan fingerprint density at radius 3 is 2.24 bits per heavy atom. The number of hydrogen-bond acceptors (Lipinski definition) is 2. The molecule has 2 atom stereocenters. The zero-order valence-corrected chi connectivity index (χ0v) is 11.9. The number of rotatable bonds is 6. The first kappa shape index (κ1) is 15.6. The molecule has 0 aliphatic rings. The molecule has 0 saturated carbocycles. The largest absolute Gasteiger partial charge is 0.395 e. The van der Waals surface area contributed by atoms with Crippen LogP contribution in [0.25, 0.3) is 0 Å². The minimum Gasteiger partial charge on any atom is -0.395 e. The Bertz CT molecular complexity index is 554. The minimum absolute atomic E-state index is 0.0446. The summed E-state index contributed by atoms with van der Waals surface area (Å²) in [5.74, 6) is -1.19. The highest BCUT2D eigenvalue weighted by atomic mass is 19.1. The fourth-order valence-electron chi connectivity index (χ4n) is 2.35. The highest BCUT2D eigenvalue weighted by Crippen LogP contribution is 2.17. The van der Waals surface area contributed by atoms with E-state index in [1.165, 1.54) is 12.1 Å². The van der Waals surface area contributed by atoms with Gasteiger partial charge in [0.05, 0.1) is 6.61 Å². The Hall–Kier alpha value is -1.78. The molecule has 4 heteroatoms. The van der Waals surface area contributed by atoms with Crippen molar-refractivity contribution in [3.05, 3.63) is 71.3 Å². The van der Waals surface area contributed by atoms with Crippen molar-refractivity contribution in [1.29, 1.82) is 0 Å². The monoisotopic (exact) mass is 291 g/mol. The predicted molar refractivity (Wildman–Crippen MR) is 78.9 cm³/mol. The molecule has 21 heavy (non-hydrogen) atoms. The van der Waals surface area contributed by atoms with Gasteiger partial charge in [-0.1, -0.05) is 30.3 Å². The van der Waals surface area contributed by atoms with Crippen molar-refractivity contribution in [2.24, 2.45) is 0 Å². The van der Waals surface area contributed by atoms with Crippen LogP contribution in [0.1, 0.15) is 24.1 Å². The van der Waals surface area contributed by atoms with Gasteiger partial charge in [-0.2, -0.15) is 0 Å². The lowest BCUT2D eigenvalue weighted by Crippen LogP contribution is -2.36. The molecule has 0 spiro atoms. The molecule has 2 nitrogen and oxygen atoms in total. The van der Waals surface area contributed by atoms with Crippen LogP contribution >= 0.6 is 0 Å². The van der Waals surface area contributed by atoms with Crippen LogP contribution in [0.3, 0.4) is 0 Å². The molecular weight excluding hydrogens is 272 g/mol. The second-order valence-corrected chi connectivity index (χ2v) is 5.16. The van der Waals surface area contributed by atoms with Crippen molar-refractivity contribution >= 4 is 0 Å². The van der Waals surface area contributed by atoms with Crippen molar-refractivity contribution in [3.63, 3.8) is 0 Å². The van der Waals surface area contributed by atoms with Crippen LogP contribution in [0.5, 0.6) is 0 Å². The minimum atomic E-state index is -0.595. The van der Waals surface area contributed by atoms with E-state index in [0.717, 1.165) is 11.6 Å². The molecule has 0 aliphatic heterocycles. The Morgan fingerprint density at radius 1 is 1.05 bits per heavy atom. The van der Waals surface area contributed by atoms with Gasteiger partial charge in [0.1, 0.15) is 11.6 Å². The van der Waals surface area contributed by atoms with Gasteiger partial charge in [0, 0.05) is 18.2 Å². The Kier molecular flexibility index (Phi) is 5.42. The Labute approximate surface area is 123 Å². The van der Waals surface area contributed by atoms with Crippen LogP contribution in [-0.4, -0.2) is 17.8 Å². The SMILES string of the molecule is CC(N[C@@H](CO)Cc1ccccc1)c1cc(F)cc(F)c1. The first-order chi connectivity index (χ1) is 10.1. The summed E-state index contributed by atoms with van der Waals surface area (Å²) in [4.78, 5) is 0. The first-order valence-corrected chi connectivity index (χ1v) is 6.95. The maximum absolute atomic E-state index is 13.2. The van der Waals surface area contributed by atoms with Gasteiger partial charge < -0.3 is 10.4 Å². The first-order valence-electron chi connectivity index (χ1n) is 6.95. The van der Waals surface area contributed by atoms with Gasteiger partial charge in [-0.3, -0.25) is 0 Å². The highest BCUT2D eigenvalue weighted by molar-refractivity contribution is 5.21. The number of aliphatic hydroxyl groups is 1. The maximum Gasteiger partial charge on any atom is 0.126 e. The third kappa shape index (κ3) is 4.62. The van der Waals surface area contributed by atoms with E-state index in [1.807, 2.05) is 37.3 Å². The molecule has 0 aliphatic carbocycles. The van der Waals surface area contributed by atoms with Crippen molar-refractivity contribution < 1.29 is 13.9 Å². The van der Waals surface area contributed by atoms with E-state index in [4.69, 9.17) is 0 Å². The third-order valence-electron chi connectivity index (χ3n) is 3.42. The van der Waals surface area contributed by atoms with E-state index < -0.39 is 11.6 Å². The van der Waals surface area contributed by atoms with Gasteiger partial charge >= 0.3 is 0 Å². The summed E-state index contributed by atoms with van der Waals surface area (Å²) in [5, 5.41) is 12.7. The molecule has 112 valence electrons.